The summed E-state index contributed by atoms with van der Waals surface area (Å²) in [6.45, 7) is 0. The maximum atomic E-state index is 11.6. The molecule has 5 nitrogen and oxygen atoms in total. The fraction of sp³-hybridized carbons (Fsp3) is 0.750. The topological polar surface area (TPSA) is 94.8 Å². The van der Waals surface area contributed by atoms with Crippen molar-refractivity contribution < 1.29 is 33.0 Å². The van der Waals surface area contributed by atoms with Gasteiger partial charge in [0.25, 0.3) is 0 Å². The Labute approximate surface area is 66.2 Å². The van der Waals surface area contributed by atoms with Crippen LogP contribution in [0.1, 0.15) is 6.42 Å². The highest BCUT2D eigenvalue weighted by atomic mass is 31.2. The number of hydrogen-bond acceptors (Lipinski definition) is 2. The first-order valence-corrected chi connectivity index (χ1v) is 4.49. The van der Waals surface area contributed by atoms with Crippen molar-refractivity contribution in [2.24, 2.45) is 0 Å². The Morgan fingerprint density at radius 2 is 1.83 bits per heavy atom. The molecule has 0 rings (SSSR count). The molecule has 0 saturated carbocycles. The minimum absolute atomic E-state index is 1.33. The van der Waals surface area contributed by atoms with Gasteiger partial charge in [0.05, 0.1) is 0 Å². The van der Waals surface area contributed by atoms with Crippen molar-refractivity contribution in [1.82, 2.24) is 0 Å². The SMILES string of the molecule is O=C(O)C(CC(F)F)P(=O)(O)O. The lowest BCUT2D eigenvalue weighted by atomic mass is 10.3. The van der Waals surface area contributed by atoms with E-state index in [4.69, 9.17) is 14.9 Å². The Hall–Kier alpha value is -0.520. The van der Waals surface area contributed by atoms with E-state index >= 15 is 0 Å². The summed E-state index contributed by atoms with van der Waals surface area (Å²) < 4.78 is 33.4. The van der Waals surface area contributed by atoms with Crippen LogP contribution in [0.3, 0.4) is 0 Å². The average Bonchev–Trinajstić information content (AvgIpc) is 1.79. The van der Waals surface area contributed by atoms with Crippen LogP contribution in [0, 0.1) is 0 Å². The van der Waals surface area contributed by atoms with Gasteiger partial charge in [-0.2, -0.15) is 0 Å². The quantitative estimate of drug-likeness (QED) is 0.571. The van der Waals surface area contributed by atoms with Crippen molar-refractivity contribution in [1.29, 1.82) is 0 Å². The molecule has 1 atom stereocenters. The average molecular weight is 204 g/mol. The third-order valence-corrected chi connectivity index (χ3v) is 2.34. The van der Waals surface area contributed by atoms with Crippen molar-refractivity contribution >= 4 is 13.6 Å². The van der Waals surface area contributed by atoms with E-state index < -0.39 is 32.1 Å². The Morgan fingerprint density at radius 3 is 1.92 bits per heavy atom. The van der Waals surface area contributed by atoms with Crippen LogP contribution in [-0.2, 0) is 9.36 Å². The second kappa shape index (κ2) is 3.93. The van der Waals surface area contributed by atoms with Crippen LogP contribution < -0.4 is 0 Å². The second-order valence-corrected chi connectivity index (χ2v) is 3.87. The first-order valence-electron chi connectivity index (χ1n) is 2.81. The summed E-state index contributed by atoms with van der Waals surface area (Å²) in [4.78, 5) is 26.6. The summed E-state index contributed by atoms with van der Waals surface area (Å²) in [5.41, 5.74) is -2.31. The molecule has 1 unspecified atom stereocenters. The number of carboxylic acid groups (broad SMARTS) is 1. The van der Waals surface area contributed by atoms with E-state index in [0.29, 0.717) is 0 Å². The number of rotatable bonds is 4. The molecule has 72 valence electrons. The Balaban J connectivity index is 4.47. The molecule has 0 aromatic heterocycles. The molecule has 12 heavy (non-hydrogen) atoms. The van der Waals surface area contributed by atoms with E-state index in [0.717, 1.165) is 0 Å². The van der Waals surface area contributed by atoms with Crippen molar-refractivity contribution in [2.75, 3.05) is 0 Å². The molecule has 0 heterocycles. The number of aliphatic carboxylic acids is 1. The Morgan fingerprint density at radius 1 is 1.42 bits per heavy atom. The van der Waals surface area contributed by atoms with Crippen molar-refractivity contribution in [3.8, 4) is 0 Å². The molecule has 0 amide bonds. The number of hydrogen-bond donors (Lipinski definition) is 3. The fourth-order valence-electron chi connectivity index (χ4n) is 0.551. The molecule has 0 aromatic rings. The van der Waals surface area contributed by atoms with Gasteiger partial charge in [0.15, 0.2) is 5.66 Å². The first kappa shape index (κ1) is 11.5. The van der Waals surface area contributed by atoms with Gasteiger partial charge in [0, 0.05) is 6.42 Å². The predicted molar refractivity (Wildman–Crippen MR) is 34.1 cm³/mol. The van der Waals surface area contributed by atoms with E-state index in [1.54, 1.807) is 0 Å². The highest BCUT2D eigenvalue weighted by Gasteiger charge is 2.37. The highest BCUT2D eigenvalue weighted by molar-refractivity contribution is 7.53. The fourth-order valence-corrected chi connectivity index (χ4v) is 1.27. The third-order valence-electron chi connectivity index (χ3n) is 1.09. The Bertz CT molecular complexity index is 211. The summed E-state index contributed by atoms with van der Waals surface area (Å²) in [6.07, 6.45) is -4.38. The standard InChI is InChI=1S/C4H7F2O5P/c5-3(6)1-2(4(7)8)12(9,10)11/h2-3H,1H2,(H,7,8)(H2,9,10,11). The highest BCUT2D eigenvalue weighted by Crippen LogP contribution is 2.43. The Kier molecular flexibility index (Phi) is 3.76. The summed E-state index contributed by atoms with van der Waals surface area (Å²) in [5, 5.41) is 8.13. The van der Waals surface area contributed by atoms with Crippen molar-refractivity contribution in [3.05, 3.63) is 0 Å². The third kappa shape index (κ3) is 3.75. The summed E-state index contributed by atoms with van der Waals surface area (Å²) in [6, 6.07) is 0. The molecule has 0 aliphatic carbocycles. The molecule has 0 aliphatic rings. The second-order valence-electron chi connectivity index (χ2n) is 2.07. The van der Waals surface area contributed by atoms with E-state index in [-0.39, 0.29) is 0 Å². The zero-order valence-electron chi connectivity index (χ0n) is 5.72. The molecule has 0 saturated heterocycles. The zero-order chi connectivity index (χ0) is 9.94. The molecule has 3 N–H and O–H groups in total. The molecular formula is C4H7F2O5P. The summed E-state index contributed by atoms with van der Waals surface area (Å²) in [5.74, 6) is -1.91. The van der Waals surface area contributed by atoms with Gasteiger partial charge in [-0.3, -0.25) is 9.36 Å². The lowest BCUT2D eigenvalue weighted by molar-refractivity contribution is -0.137. The van der Waals surface area contributed by atoms with Crippen LogP contribution in [0.5, 0.6) is 0 Å². The minimum atomic E-state index is -4.97. The summed E-state index contributed by atoms with van der Waals surface area (Å²) >= 11 is 0. The monoisotopic (exact) mass is 204 g/mol. The molecule has 0 fully saturated rings. The molecular weight excluding hydrogens is 197 g/mol. The predicted octanol–water partition coefficient (Wildman–Crippen LogP) is 0.273. The first-order chi connectivity index (χ1) is 5.25. The van der Waals surface area contributed by atoms with Crippen molar-refractivity contribution in [3.63, 3.8) is 0 Å². The van der Waals surface area contributed by atoms with Gasteiger partial charge in [0.2, 0.25) is 6.43 Å². The van der Waals surface area contributed by atoms with Gasteiger partial charge in [0.1, 0.15) is 0 Å². The van der Waals surface area contributed by atoms with Gasteiger partial charge >= 0.3 is 13.6 Å². The van der Waals surface area contributed by atoms with E-state index in [9.17, 15) is 18.1 Å². The molecule has 0 bridgehead atoms. The largest absolute Gasteiger partial charge is 0.481 e. The summed E-state index contributed by atoms with van der Waals surface area (Å²) in [7, 11) is -4.97. The van der Waals surface area contributed by atoms with E-state index in [1.165, 1.54) is 0 Å². The van der Waals surface area contributed by atoms with Crippen LogP contribution in [0.15, 0.2) is 0 Å². The molecule has 8 heteroatoms. The van der Waals surface area contributed by atoms with Crippen molar-refractivity contribution in [2.45, 2.75) is 18.5 Å². The molecule has 0 spiro atoms. The van der Waals surface area contributed by atoms with Gasteiger partial charge in [-0.05, 0) is 0 Å². The number of halogens is 2. The lowest BCUT2D eigenvalue weighted by Crippen LogP contribution is -2.23. The minimum Gasteiger partial charge on any atom is -0.481 e. The van der Waals surface area contributed by atoms with E-state index in [1.807, 2.05) is 0 Å². The zero-order valence-corrected chi connectivity index (χ0v) is 6.62. The number of alkyl halides is 2. The smallest absolute Gasteiger partial charge is 0.339 e. The van der Waals surface area contributed by atoms with Crippen LogP contribution >= 0.6 is 7.60 Å². The number of carboxylic acids is 1. The van der Waals surface area contributed by atoms with Crippen LogP contribution in [0.25, 0.3) is 0 Å². The van der Waals surface area contributed by atoms with Crippen LogP contribution in [0.4, 0.5) is 8.78 Å². The normalized spacial score (nSPS) is 14.8. The van der Waals surface area contributed by atoms with E-state index in [2.05, 4.69) is 0 Å². The van der Waals surface area contributed by atoms with Crippen LogP contribution in [0.2, 0.25) is 0 Å². The molecule has 0 radical (unpaired) electrons. The van der Waals surface area contributed by atoms with Gasteiger partial charge < -0.3 is 14.9 Å². The molecule has 0 aromatic carbocycles. The molecule has 0 aliphatic heterocycles. The maximum Gasteiger partial charge on any atom is 0.339 e. The van der Waals surface area contributed by atoms with Gasteiger partial charge in [-0.25, -0.2) is 8.78 Å². The van der Waals surface area contributed by atoms with Gasteiger partial charge in [-0.15, -0.1) is 0 Å². The van der Waals surface area contributed by atoms with Crippen LogP contribution in [-0.4, -0.2) is 32.9 Å². The lowest BCUT2D eigenvalue weighted by Gasteiger charge is -2.12. The maximum absolute atomic E-state index is 11.6. The van der Waals surface area contributed by atoms with Gasteiger partial charge in [-0.1, -0.05) is 0 Å². The number of carbonyl (C=O) groups is 1.